The molecule has 0 spiro atoms. The summed E-state index contributed by atoms with van der Waals surface area (Å²) >= 11 is 4.95. The number of carbonyl (C=O) groups excluding carboxylic acids is 3. The number of carbonyl (C=O) groups is 3. The lowest BCUT2D eigenvalue weighted by Gasteiger charge is -2.06. The maximum atomic E-state index is 10.7. The van der Waals surface area contributed by atoms with Crippen molar-refractivity contribution >= 4 is 28.8 Å². The van der Waals surface area contributed by atoms with Crippen LogP contribution in [0.3, 0.4) is 0 Å². The Bertz CT molecular complexity index is 196. The van der Waals surface area contributed by atoms with Crippen LogP contribution in [-0.4, -0.2) is 31.4 Å². The van der Waals surface area contributed by atoms with Gasteiger partial charge in [0.15, 0.2) is 0 Å². The van der Waals surface area contributed by atoms with Gasteiger partial charge in [-0.2, -0.15) is 0 Å². The van der Waals surface area contributed by atoms with Crippen LogP contribution in [0.4, 0.5) is 0 Å². The Kier molecular flexibility index (Phi) is 4.28. The molecule has 0 amide bonds. The zero-order chi connectivity index (χ0) is 9.72. The van der Waals surface area contributed by atoms with E-state index in [2.05, 4.69) is 9.47 Å². The second-order valence-corrected chi connectivity index (χ2v) is 2.16. The summed E-state index contributed by atoms with van der Waals surface area (Å²) in [7, 11) is 2.08. The first-order valence-electron chi connectivity index (χ1n) is 2.89. The zero-order valence-electron chi connectivity index (χ0n) is 6.50. The summed E-state index contributed by atoms with van der Waals surface area (Å²) in [6.45, 7) is 0. The number of esters is 2. The molecule has 0 rings (SSSR count). The standard InChI is InChI=1S/C6H7ClO5/c1-11-5(9)3(4(7)8)6(10)12-2/h3H,1-2H3. The van der Waals surface area contributed by atoms with Crippen molar-refractivity contribution in [1.82, 2.24) is 0 Å². The average molecular weight is 195 g/mol. The van der Waals surface area contributed by atoms with Gasteiger partial charge in [-0.25, -0.2) is 0 Å². The molecule has 5 nitrogen and oxygen atoms in total. The summed E-state index contributed by atoms with van der Waals surface area (Å²) in [6.07, 6.45) is 0. The number of hydrogen-bond donors (Lipinski definition) is 0. The van der Waals surface area contributed by atoms with E-state index in [1.807, 2.05) is 0 Å². The first-order valence-corrected chi connectivity index (χ1v) is 3.27. The summed E-state index contributed by atoms with van der Waals surface area (Å²) in [4.78, 5) is 32.0. The van der Waals surface area contributed by atoms with Gasteiger partial charge in [0, 0.05) is 0 Å². The van der Waals surface area contributed by atoms with E-state index in [1.165, 1.54) is 0 Å². The summed E-state index contributed by atoms with van der Waals surface area (Å²) in [5.74, 6) is -3.73. The van der Waals surface area contributed by atoms with Crippen LogP contribution in [0.25, 0.3) is 0 Å². The van der Waals surface area contributed by atoms with Crippen LogP contribution in [0.2, 0.25) is 0 Å². The minimum atomic E-state index is -1.68. The first-order chi connectivity index (χ1) is 5.54. The Morgan fingerprint density at radius 1 is 1.08 bits per heavy atom. The van der Waals surface area contributed by atoms with Gasteiger partial charge in [-0.05, 0) is 11.6 Å². The highest BCUT2D eigenvalue weighted by atomic mass is 35.5. The molecular formula is C6H7ClO5. The summed E-state index contributed by atoms with van der Waals surface area (Å²) in [5, 5.41) is -1.12. The second kappa shape index (κ2) is 4.71. The lowest BCUT2D eigenvalue weighted by Crippen LogP contribution is -2.31. The molecule has 0 radical (unpaired) electrons. The van der Waals surface area contributed by atoms with Gasteiger partial charge in [-0.3, -0.25) is 14.4 Å². The molecule has 0 aliphatic carbocycles. The molecular weight excluding hydrogens is 188 g/mol. The van der Waals surface area contributed by atoms with Crippen molar-refractivity contribution in [2.45, 2.75) is 0 Å². The predicted molar refractivity (Wildman–Crippen MR) is 38.4 cm³/mol. The Hall–Kier alpha value is -1.10. The van der Waals surface area contributed by atoms with Crippen LogP contribution >= 0.6 is 11.6 Å². The molecule has 0 aromatic heterocycles. The molecule has 0 aliphatic heterocycles. The van der Waals surface area contributed by atoms with E-state index < -0.39 is 23.1 Å². The molecule has 0 saturated carbocycles. The Labute approximate surface area is 73.6 Å². The molecule has 0 atom stereocenters. The van der Waals surface area contributed by atoms with Crippen molar-refractivity contribution in [1.29, 1.82) is 0 Å². The molecule has 0 N–H and O–H groups in total. The molecule has 6 heteroatoms. The van der Waals surface area contributed by atoms with Gasteiger partial charge in [0.1, 0.15) is 0 Å². The topological polar surface area (TPSA) is 69.7 Å². The molecule has 0 unspecified atom stereocenters. The zero-order valence-corrected chi connectivity index (χ0v) is 7.25. The molecule has 0 aliphatic rings. The third-order valence-corrected chi connectivity index (χ3v) is 1.32. The van der Waals surface area contributed by atoms with E-state index in [-0.39, 0.29) is 0 Å². The molecule has 0 fully saturated rings. The van der Waals surface area contributed by atoms with E-state index in [4.69, 9.17) is 11.6 Å². The summed E-state index contributed by atoms with van der Waals surface area (Å²) in [5.41, 5.74) is 0. The van der Waals surface area contributed by atoms with Crippen LogP contribution < -0.4 is 0 Å². The summed E-state index contributed by atoms with van der Waals surface area (Å²) < 4.78 is 8.30. The van der Waals surface area contributed by atoms with Crippen molar-refractivity contribution in [2.75, 3.05) is 14.2 Å². The van der Waals surface area contributed by atoms with Gasteiger partial charge in [0.2, 0.25) is 11.2 Å². The largest absolute Gasteiger partial charge is 0.468 e. The number of methoxy groups -OCH3 is 2. The van der Waals surface area contributed by atoms with Crippen molar-refractivity contribution in [3.05, 3.63) is 0 Å². The Morgan fingerprint density at radius 3 is 1.58 bits per heavy atom. The Morgan fingerprint density at radius 2 is 1.42 bits per heavy atom. The lowest BCUT2D eigenvalue weighted by atomic mass is 10.2. The van der Waals surface area contributed by atoms with Crippen LogP contribution in [0.5, 0.6) is 0 Å². The highest BCUT2D eigenvalue weighted by molar-refractivity contribution is 6.67. The van der Waals surface area contributed by atoms with Gasteiger partial charge >= 0.3 is 11.9 Å². The predicted octanol–water partition coefficient (Wildman–Crippen LogP) is -0.286. The number of hydrogen-bond acceptors (Lipinski definition) is 5. The number of ether oxygens (including phenoxy) is 2. The molecule has 0 heterocycles. The third kappa shape index (κ3) is 2.50. The van der Waals surface area contributed by atoms with Gasteiger partial charge in [0.05, 0.1) is 14.2 Å². The fraction of sp³-hybridized carbons (Fsp3) is 0.500. The fourth-order valence-electron chi connectivity index (χ4n) is 0.517. The van der Waals surface area contributed by atoms with Crippen molar-refractivity contribution in [2.24, 2.45) is 5.92 Å². The monoisotopic (exact) mass is 194 g/mol. The fourth-order valence-corrected chi connectivity index (χ4v) is 0.695. The van der Waals surface area contributed by atoms with Crippen molar-refractivity contribution in [3.63, 3.8) is 0 Å². The van der Waals surface area contributed by atoms with E-state index in [0.717, 1.165) is 14.2 Å². The Balaban J connectivity index is 4.55. The third-order valence-electron chi connectivity index (χ3n) is 1.10. The first kappa shape index (κ1) is 10.9. The lowest BCUT2D eigenvalue weighted by molar-refractivity contribution is -0.159. The van der Waals surface area contributed by atoms with Crippen LogP contribution in [0.15, 0.2) is 0 Å². The summed E-state index contributed by atoms with van der Waals surface area (Å²) in [6, 6.07) is 0. The minimum Gasteiger partial charge on any atom is -0.468 e. The average Bonchev–Trinajstić information content (AvgIpc) is 2.03. The molecule has 0 bridgehead atoms. The normalized spacial score (nSPS) is 9.33. The minimum absolute atomic E-state index is 1.03. The smallest absolute Gasteiger partial charge is 0.329 e. The molecule has 68 valence electrons. The van der Waals surface area contributed by atoms with E-state index in [1.54, 1.807) is 0 Å². The van der Waals surface area contributed by atoms with Crippen molar-refractivity contribution in [3.8, 4) is 0 Å². The van der Waals surface area contributed by atoms with Gasteiger partial charge in [0.25, 0.3) is 0 Å². The van der Waals surface area contributed by atoms with E-state index >= 15 is 0 Å². The van der Waals surface area contributed by atoms with Gasteiger partial charge in [-0.1, -0.05) is 0 Å². The number of halogens is 1. The second-order valence-electron chi connectivity index (χ2n) is 1.78. The quantitative estimate of drug-likeness (QED) is 0.351. The van der Waals surface area contributed by atoms with E-state index in [0.29, 0.717) is 0 Å². The molecule has 12 heavy (non-hydrogen) atoms. The molecule has 0 aromatic rings. The maximum Gasteiger partial charge on any atom is 0.329 e. The maximum absolute atomic E-state index is 10.7. The highest BCUT2D eigenvalue weighted by Gasteiger charge is 2.34. The van der Waals surface area contributed by atoms with Crippen LogP contribution in [0, 0.1) is 5.92 Å². The number of rotatable bonds is 3. The SMILES string of the molecule is COC(=O)C(C(=O)Cl)C(=O)OC. The van der Waals surface area contributed by atoms with Crippen LogP contribution in [0.1, 0.15) is 0 Å². The van der Waals surface area contributed by atoms with Crippen LogP contribution in [-0.2, 0) is 23.9 Å². The van der Waals surface area contributed by atoms with Gasteiger partial charge < -0.3 is 9.47 Å². The van der Waals surface area contributed by atoms with Crippen molar-refractivity contribution < 1.29 is 23.9 Å². The van der Waals surface area contributed by atoms with E-state index in [9.17, 15) is 14.4 Å². The highest BCUT2D eigenvalue weighted by Crippen LogP contribution is 2.06. The molecule has 0 saturated heterocycles. The van der Waals surface area contributed by atoms with Gasteiger partial charge in [-0.15, -0.1) is 0 Å². The molecule has 0 aromatic carbocycles.